The number of hydrogen-bond donors (Lipinski definition) is 1. The van der Waals surface area contributed by atoms with Crippen LogP contribution in [0.25, 0.3) is 0 Å². The number of benzene rings is 2. The lowest BCUT2D eigenvalue weighted by Crippen LogP contribution is -2.21. The maximum absolute atomic E-state index is 12.0. The third kappa shape index (κ3) is 4.69. The van der Waals surface area contributed by atoms with Crippen LogP contribution in [0.2, 0.25) is 0 Å². The van der Waals surface area contributed by atoms with Crippen molar-refractivity contribution in [1.82, 2.24) is 0 Å². The zero-order valence-electron chi connectivity index (χ0n) is 14.6. The lowest BCUT2D eigenvalue weighted by molar-refractivity contribution is -0.119. The molecule has 0 bridgehead atoms. The van der Waals surface area contributed by atoms with Gasteiger partial charge in [-0.2, -0.15) is 0 Å². The van der Waals surface area contributed by atoms with Gasteiger partial charge in [0.25, 0.3) is 5.91 Å². The minimum Gasteiger partial charge on any atom is -0.452 e. The van der Waals surface area contributed by atoms with Gasteiger partial charge in [0.05, 0.1) is 5.56 Å². The van der Waals surface area contributed by atoms with E-state index in [4.69, 9.17) is 4.74 Å². The molecule has 0 aromatic heterocycles. The molecule has 2 rings (SSSR count). The van der Waals surface area contributed by atoms with E-state index in [1.165, 1.54) is 0 Å². The Hall–Kier alpha value is -2.62. The molecule has 0 saturated heterocycles. The first-order valence-electron chi connectivity index (χ1n) is 8.01. The standard InChI is InChI=1S/C20H23NO3/c1-13(2)16-7-9-17(10-8-16)20(23)24-12-19(22)21-18-11-14(3)5-6-15(18)4/h5-11,13H,12H2,1-4H3,(H,21,22). The minimum atomic E-state index is -0.499. The van der Waals surface area contributed by atoms with E-state index in [1.807, 2.05) is 44.2 Å². The van der Waals surface area contributed by atoms with E-state index in [-0.39, 0.29) is 12.5 Å². The summed E-state index contributed by atoms with van der Waals surface area (Å²) in [7, 11) is 0. The van der Waals surface area contributed by atoms with Crippen molar-refractivity contribution < 1.29 is 14.3 Å². The van der Waals surface area contributed by atoms with Crippen LogP contribution in [0, 0.1) is 13.8 Å². The second-order valence-electron chi connectivity index (χ2n) is 6.22. The van der Waals surface area contributed by atoms with Crippen LogP contribution in [0.15, 0.2) is 42.5 Å². The van der Waals surface area contributed by atoms with E-state index in [0.29, 0.717) is 11.5 Å². The molecular formula is C20H23NO3. The molecule has 2 aromatic carbocycles. The molecule has 0 radical (unpaired) electrons. The van der Waals surface area contributed by atoms with Gasteiger partial charge in [0, 0.05) is 5.69 Å². The third-order valence-electron chi connectivity index (χ3n) is 3.81. The van der Waals surface area contributed by atoms with Crippen LogP contribution in [0.3, 0.4) is 0 Å². The largest absolute Gasteiger partial charge is 0.452 e. The Morgan fingerprint density at radius 1 is 1.04 bits per heavy atom. The first kappa shape index (κ1) is 17.7. The van der Waals surface area contributed by atoms with E-state index < -0.39 is 5.97 Å². The summed E-state index contributed by atoms with van der Waals surface area (Å²) in [6.45, 7) is 7.74. The minimum absolute atomic E-state index is 0.307. The van der Waals surface area contributed by atoms with Gasteiger partial charge in [-0.3, -0.25) is 4.79 Å². The topological polar surface area (TPSA) is 55.4 Å². The summed E-state index contributed by atoms with van der Waals surface area (Å²) in [5, 5.41) is 2.77. The van der Waals surface area contributed by atoms with Crippen molar-refractivity contribution in [3.05, 3.63) is 64.7 Å². The van der Waals surface area contributed by atoms with Crippen LogP contribution in [0.1, 0.15) is 46.8 Å². The van der Waals surface area contributed by atoms with Crippen molar-refractivity contribution in [3.8, 4) is 0 Å². The number of rotatable bonds is 5. The Bertz CT molecular complexity index is 733. The van der Waals surface area contributed by atoms with E-state index >= 15 is 0 Å². The number of anilines is 1. The zero-order chi connectivity index (χ0) is 17.7. The fourth-order valence-electron chi connectivity index (χ4n) is 2.28. The molecule has 0 atom stereocenters. The van der Waals surface area contributed by atoms with Gasteiger partial charge in [0.2, 0.25) is 0 Å². The van der Waals surface area contributed by atoms with Crippen molar-refractivity contribution in [2.75, 3.05) is 11.9 Å². The summed E-state index contributed by atoms with van der Waals surface area (Å²) in [5.41, 5.74) is 4.35. The van der Waals surface area contributed by atoms with Gasteiger partial charge in [-0.05, 0) is 54.7 Å². The molecule has 1 amide bonds. The number of carbonyl (C=O) groups is 2. The van der Waals surface area contributed by atoms with E-state index in [9.17, 15) is 9.59 Å². The first-order chi connectivity index (χ1) is 11.4. The number of aryl methyl sites for hydroxylation is 2. The van der Waals surface area contributed by atoms with E-state index in [2.05, 4.69) is 19.2 Å². The number of amides is 1. The summed E-state index contributed by atoms with van der Waals surface area (Å²) in [6, 6.07) is 13.0. The number of carbonyl (C=O) groups excluding carboxylic acids is 2. The van der Waals surface area contributed by atoms with Crippen LogP contribution < -0.4 is 5.32 Å². The maximum Gasteiger partial charge on any atom is 0.338 e. The smallest absolute Gasteiger partial charge is 0.338 e. The van der Waals surface area contributed by atoms with Crippen molar-refractivity contribution in [2.45, 2.75) is 33.6 Å². The number of esters is 1. The van der Waals surface area contributed by atoms with Gasteiger partial charge in [-0.1, -0.05) is 38.1 Å². The predicted molar refractivity (Wildman–Crippen MR) is 95.4 cm³/mol. The quantitative estimate of drug-likeness (QED) is 0.837. The van der Waals surface area contributed by atoms with Gasteiger partial charge in [0.15, 0.2) is 6.61 Å². The molecule has 24 heavy (non-hydrogen) atoms. The summed E-state index contributed by atoms with van der Waals surface area (Å²) in [5.74, 6) is -0.448. The lowest BCUT2D eigenvalue weighted by Gasteiger charge is -2.10. The molecule has 4 heteroatoms. The molecule has 0 heterocycles. The Morgan fingerprint density at radius 2 is 1.71 bits per heavy atom. The number of hydrogen-bond acceptors (Lipinski definition) is 3. The molecule has 0 aliphatic heterocycles. The summed E-state index contributed by atoms with van der Waals surface area (Å²) < 4.78 is 5.08. The summed E-state index contributed by atoms with van der Waals surface area (Å²) in [6.07, 6.45) is 0. The fraction of sp³-hybridized carbons (Fsp3) is 0.300. The molecule has 0 unspecified atom stereocenters. The highest BCUT2D eigenvalue weighted by atomic mass is 16.5. The van der Waals surface area contributed by atoms with Gasteiger partial charge >= 0.3 is 5.97 Å². The highest BCUT2D eigenvalue weighted by Crippen LogP contribution is 2.17. The second kappa shape index (κ2) is 7.77. The van der Waals surface area contributed by atoms with Gasteiger partial charge < -0.3 is 10.1 Å². The average molecular weight is 325 g/mol. The molecule has 0 fully saturated rings. The first-order valence-corrected chi connectivity index (χ1v) is 8.01. The fourth-order valence-corrected chi connectivity index (χ4v) is 2.28. The third-order valence-corrected chi connectivity index (χ3v) is 3.81. The Morgan fingerprint density at radius 3 is 2.33 bits per heavy atom. The molecule has 1 N–H and O–H groups in total. The Kier molecular flexibility index (Phi) is 5.74. The molecule has 0 aliphatic carbocycles. The predicted octanol–water partition coefficient (Wildman–Crippen LogP) is 4.22. The Balaban J connectivity index is 1.91. The van der Waals surface area contributed by atoms with Crippen LogP contribution >= 0.6 is 0 Å². The molecular weight excluding hydrogens is 302 g/mol. The SMILES string of the molecule is Cc1ccc(C)c(NC(=O)COC(=O)c2ccc(C(C)C)cc2)c1. The number of nitrogens with one attached hydrogen (secondary N) is 1. The zero-order valence-corrected chi connectivity index (χ0v) is 14.6. The van der Waals surface area contributed by atoms with Crippen LogP contribution in [0.5, 0.6) is 0 Å². The summed E-state index contributed by atoms with van der Waals surface area (Å²) >= 11 is 0. The molecule has 2 aromatic rings. The second-order valence-corrected chi connectivity index (χ2v) is 6.22. The van der Waals surface area contributed by atoms with Crippen molar-refractivity contribution >= 4 is 17.6 Å². The maximum atomic E-state index is 12.0. The molecule has 0 spiro atoms. The average Bonchev–Trinajstić information content (AvgIpc) is 2.56. The summed E-state index contributed by atoms with van der Waals surface area (Å²) in [4.78, 5) is 24.0. The highest BCUT2D eigenvalue weighted by Gasteiger charge is 2.11. The lowest BCUT2D eigenvalue weighted by atomic mass is 10.0. The van der Waals surface area contributed by atoms with Crippen molar-refractivity contribution in [2.24, 2.45) is 0 Å². The van der Waals surface area contributed by atoms with E-state index in [1.54, 1.807) is 12.1 Å². The molecule has 0 saturated carbocycles. The van der Waals surface area contributed by atoms with Crippen LogP contribution in [0.4, 0.5) is 5.69 Å². The highest BCUT2D eigenvalue weighted by molar-refractivity contribution is 5.96. The monoisotopic (exact) mass is 325 g/mol. The van der Waals surface area contributed by atoms with Gasteiger partial charge in [-0.25, -0.2) is 4.79 Å². The molecule has 4 nitrogen and oxygen atoms in total. The Labute approximate surface area is 142 Å². The number of ether oxygens (including phenoxy) is 1. The van der Waals surface area contributed by atoms with Crippen LogP contribution in [-0.2, 0) is 9.53 Å². The molecule has 126 valence electrons. The van der Waals surface area contributed by atoms with E-state index in [0.717, 1.165) is 22.4 Å². The van der Waals surface area contributed by atoms with Crippen molar-refractivity contribution in [3.63, 3.8) is 0 Å². The van der Waals surface area contributed by atoms with Crippen molar-refractivity contribution in [1.29, 1.82) is 0 Å². The van der Waals surface area contributed by atoms with Crippen LogP contribution in [-0.4, -0.2) is 18.5 Å². The normalized spacial score (nSPS) is 10.5. The van der Waals surface area contributed by atoms with Gasteiger partial charge in [-0.15, -0.1) is 0 Å². The van der Waals surface area contributed by atoms with Gasteiger partial charge in [0.1, 0.15) is 0 Å². The molecule has 0 aliphatic rings.